The maximum Gasteiger partial charge on any atom is 0.167 e. The van der Waals surface area contributed by atoms with Crippen molar-refractivity contribution in [1.82, 2.24) is 0 Å². The third-order valence-corrected chi connectivity index (χ3v) is 6.14. The van der Waals surface area contributed by atoms with Gasteiger partial charge in [0, 0.05) is 5.92 Å². The molecule has 0 radical (unpaired) electrons. The van der Waals surface area contributed by atoms with Gasteiger partial charge in [0.1, 0.15) is 17.3 Å². The summed E-state index contributed by atoms with van der Waals surface area (Å²) in [5, 5.41) is 0. The zero-order valence-corrected chi connectivity index (χ0v) is 20.6. The molecule has 0 heterocycles. The Morgan fingerprint density at radius 3 is 1.97 bits per heavy atom. The molecule has 1 aliphatic rings. The Bertz CT molecular complexity index is 999. The number of rotatable bonds is 12. The Labute approximate surface area is 203 Å². The number of allylic oxidation sites excluding steroid dienone is 3. The van der Waals surface area contributed by atoms with Crippen LogP contribution in [0.15, 0.2) is 66.3 Å². The normalized spacial score (nSPS) is 18.1. The summed E-state index contributed by atoms with van der Waals surface area (Å²) in [5.74, 6) is 0.667. The zero-order chi connectivity index (χ0) is 24.3. The van der Waals surface area contributed by atoms with Crippen LogP contribution in [0.3, 0.4) is 0 Å². The molecule has 3 rings (SSSR count). The lowest BCUT2D eigenvalue weighted by molar-refractivity contribution is -0.130. The summed E-state index contributed by atoms with van der Waals surface area (Å²) in [6.07, 6.45) is 10.5. The van der Waals surface area contributed by atoms with Gasteiger partial charge >= 0.3 is 0 Å². The molecule has 0 N–H and O–H groups in total. The van der Waals surface area contributed by atoms with Crippen molar-refractivity contribution in [3.63, 3.8) is 0 Å². The van der Waals surface area contributed by atoms with Crippen LogP contribution in [0, 0.1) is 5.92 Å². The quantitative estimate of drug-likeness (QED) is 0.254. The van der Waals surface area contributed by atoms with Crippen LogP contribution in [0.2, 0.25) is 0 Å². The molecule has 0 aliphatic heterocycles. The number of Topliss-reactive ketones (excluding diaryl/α,β-unsaturated/α-hetero) is 1. The topological polar surface area (TPSA) is 52.6 Å². The summed E-state index contributed by atoms with van der Waals surface area (Å²) in [5.41, 5.74) is 2.96. The van der Waals surface area contributed by atoms with E-state index in [1.165, 1.54) is 6.92 Å². The van der Waals surface area contributed by atoms with Crippen molar-refractivity contribution >= 4 is 17.6 Å². The summed E-state index contributed by atoms with van der Waals surface area (Å²) in [4.78, 5) is 25.2. The highest BCUT2D eigenvalue weighted by molar-refractivity contribution is 6.09. The van der Waals surface area contributed by atoms with Gasteiger partial charge in [0.2, 0.25) is 0 Å². The number of carbonyl (C=O) groups excluding carboxylic acids is 2. The van der Waals surface area contributed by atoms with Gasteiger partial charge in [0.05, 0.1) is 19.1 Å². The number of benzene rings is 2. The highest BCUT2D eigenvalue weighted by Gasteiger charge is 2.35. The van der Waals surface area contributed by atoms with Crippen molar-refractivity contribution in [3.8, 4) is 11.5 Å². The number of carbonyl (C=O) groups is 2. The van der Waals surface area contributed by atoms with E-state index in [0.717, 1.165) is 60.5 Å². The minimum atomic E-state index is -0.636. The number of ether oxygens (including phenoxy) is 2. The average molecular weight is 461 g/mol. The van der Waals surface area contributed by atoms with E-state index in [0.29, 0.717) is 13.0 Å². The van der Waals surface area contributed by atoms with Gasteiger partial charge < -0.3 is 9.47 Å². The van der Waals surface area contributed by atoms with Gasteiger partial charge in [0.25, 0.3) is 0 Å². The van der Waals surface area contributed by atoms with Gasteiger partial charge in [-0.05, 0) is 73.2 Å². The fraction of sp³-hybridized carbons (Fsp3) is 0.400. The molecule has 0 saturated heterocycles. The monoisotopic (exact) mass is 460 g/mol. The largest absolute Gasteiger partial charge is 0.494 e. The van der Waals surface area contributed by atoms with Crippen molar-refractivity contribution in [3.05, 3.63) is 77.4 Å². The van der Waals surface area contributed by atoms with E-state index in [2.05, 4.69) is 13.8 Å². The molecule has 180 valence electrons. The van der Waals surface area contributed by atoms with Crippen LogP contribution < -0.4 is 9.47 Å². The minimum Gasteiger partial charge on any atom is -0.494 e. The molecule has 0 unspecified atom stereocenters. The van der Waals surface area contributed by atoms with Gasteiger partial charge in [-0.25, -0.2) is 0 Å². The first-order chi connectivity index (χ1) is 16.5. The summed E-state index contributed by atoms with van der Waals surface area (Å²) in [7, 11) is 0. The molecule has 1 aliphatic carbocycles. The maximum absolute atomic E-state index is 12.9. The molecule has 0 aromatic heterocycles. The van der Waals surface area contributed by atoms with Crippen molar-refractivity contribution in [1.29, 1.82) is 0 Å². The van der Waals surface area contributed by atoms with Crippen LogP contribution in [0.1, 0.15) is 69.9 Å². The minimum absolute atomic E-state index is 0.0868. The van der Waals surface area contributed by atoms with Crippen LogP contribution >= 0.6 is 0 Å². The Morgan fingerprint density at radius 1 is 0.882 bits per heavy atom. The van der Waals surface area contributed by atoms with E-state index in [-0.39, 0.29) is 17.5 Å². The third kappa shape index (κ3) is 7.18. The second-order valence-corrected chi connectivity index (χ2v) is 8.90. The summed E-state index contributed by atoms with van der Waals surface area (Å²) < 4.78 is 11.5. The van der Waals surface area contributed by atoms with E-state index < -0.39 is 5.92 Å². The summed E-state index contributed by atoms with van der Waals surface area (Å²) in [6.45, 7) is 7.20. The van der Waals surface area contributed by atoms with Crippen molar-refractivity contribution in [2.24, 2.45) is 5.92 Å². The molecule has 34 heavy (non-hydrogen) atoms. The lowest BCUT2D eigenvalue weighted by atomic mass is 9.73. The molecule has 2 aromatic rings. The molecule has 0 saturated carbocycles. The second kappa shape index (κ2) is 12.9. The van der Waals surface area contributed by atoms with E-state index in [1.807, 2.05) is 60.7 Å². The smallest absolute Gasteiger partial charge is 0.167 e. The molecule has 4 nitrogen and oxygen atoms in total. The fourth-order valence-corrected chi connectivity index (χ4v) is 4.17. The molecule has 0 fully saturated rings. The first-order valence-corrected chi connectivity index (χ1v) is 12.4. The second-order valence-electron chi connectivity index (χ2n) is 8.90. The van der Waals surface area contributed by atoms with Crippen molar-refractivity contribution in [2.45, 2.75) is 58.8 Å². The summed E-state index contributed by atoms with van der Waals surface area (Å²) in [6, 6.07) is 15.8. The number of hydrogen-bond acceptors (Lipinski definition) is 4. The predicted octanol–water partition coefficient (Wildman–Crippen LogP) is 6.95. The van der Waals surface area contributed by atoms with E-state index >= 15 is 0 Å². The fourth-order valence-electron chi connectivity index (χ4n) is 4.17. The van der Waals surface area contributed by atoms with Crippen molar-refractivity contribution < 1.29 is 19.1 Å². The molecule has 0 spiro atoms. The van der Waals surface area contributed by atoms with Crippen LogP contribution in [-0.4, -0.2) is 24.8 Å². The number of hydrogen-bond donors (Lipinski definition) is 0. The molecule has 2 atom stereocenters. The molecular weight excluding hydrogens is 424 g/mol. The van der Waals surface area contributed by atoms with Gasteiger partial charge in [-0.2, -0.15) is 0 Å². The SMILES string of the molecule is CCCCOc1ccc(/C=C/C2=CC(=O)[C@@H](C(C)=O)[C@@H](c3ccc(OCCCC)cc3)C2)cc1. The molecule has 0 bridgehead atoms. The van der Waals surface area contributed by atoms with Crippen LogP contribution in [-0.2, 0) is 9.59 Å². The highest BCUT2D eigenvalue weighted by Crippen LogP contribution is 2.38. The zero-order valence-electron chi connectivity index (χ0n) is 20.6. The van der Waals surface area contributed by atoms with E-state index in [4.69, 9.17) is 9.47 Å². The van der Waals surface area contributed by atoms with Crippen LogP contribution in [0.4, 0.5) is 0 Å². The first-order valence-electron chi connectivity index (χ1n) is 12.4. The Morgan fingerprint density at radius 2 is 1.44 bits per heavy atom. The third-order valence-electron chi connectivity index (χ3n) is 6.14. The highest BCUT2D eigenvalue weighted by atomic mass is 16.5. The Kier molecular flexibility index (Phi) is 9.69. The molecule has 2 aromatic carbocycles. The average Bonchev–Trinajstić information content (AvgIpc) is 2.83. The molecule has 0 amide bonds. The van der Waals surface area contributed by atoms with E-state index in [1.54, 1.807) is 6.08 Å². The van der Waals surface area contributed by atoms with Crippen LogP contribution in [0.5, 0.6) is 11.5 Å². The lowest BCUT2D eigenvalue weighted by Crippen LogP contribution is -2.31. The summed E-state index contributed by atoms with van der Waals surface area (Å²) >= 11 is 0. The van der Waals surface area contributed by atoms with Gasteiger partial charge in [-0.1, -0.05) is 63.1 Å². The van der Waals surface area contributed by atoms with Crippen molar-refractivity contribution in [2.75, 3.05) is 13.2 Å². The maximum atomic E-state index is 12.9. The Hall–Kier alpha value is -3.14. The molecular formula is C30H36O4. The number of ketones is 2. The van der Waals surface area contributed by atoms with Gasteiger partial charge in [-0.3, -0.25) is 9.59 Å². The number of unbranched alkanes of at least 4 members (excludes halogenated alkanes) is 2. The van der Waals surface area contributed by atoms with E-state index in [9.17, 15) is 9.59 Å². The first kappa shape index (κ1) is 25.5. The Balaban J connectivity index is 1.71. The molecule has 4 heteroatoms. The standard InChI is InChI=1S/C30H36O4/c1-4-6-18-33-26-14-10-23(11-15-26)8-9-24-20-28(30(22(3)31)29(32)21-24)25-12-16-27(17-13-25)34-19-7-5-2/h8-17,21,28,30H,4-7,18-20H2,1-3H3/b9-8+/t28-,30+/m1/s1. The predicted molar refractivity (Wildman–Crippen MR) is 137 cm³/mol. The lowest BCUT2D eigenvalue weighted by Gasteiger charge is -2.28. The van der Waals surface area contributed by atoms with Gasteiger partial charge in [-0.15, -0.1) is 0 Å². The van der Waals surface area contributed by atoms with Crippen LogP contribution in [0.25, 0.3) is 6.08 Å². The van der Waals surface area contributed by atoms with Gasteiger partial charge in [0.15, 0.2) is 5.78 Å².